The van der Waals surface area contributed by atoms with Crippen LogP contribution in [0.5, 0.6) is 0 Å². The van der Waals surface area contributed by atoms with Crippen molar-refractivity contribution < 1.29 is 5.11 Å². The number of nitrogens with one attached hydrogen (secondary N) is 3. The first-order valence-corrected chi connectivity index (χ1v) is 9.33. The van der Waals surface area contributed by atoms with Gasteiger partial charge >= 0.3 is 0 Å². The van der Waals surface area contributed by atoms with Crippen molar-refractivity contribution in [2.45, 2.75) is 26.0 Å². The van der Waals surface area contributed by atoms with Gasteiger partial charge in [-0.25, -0.2) is 9.97 Å². The lowest BCUT2D eigenvalue weighted by molar-refractivity contribution is 0.177. The second-order valence-corrected chi connectivity index (χ2v) is 6.96. The maximum atomic E-state index is 9.66. The summed E-state index contributed by atoms with van der Waals surface area (Å²) in [6.45, 7) is 3.62. The maximum Gasteiger partial charge on any atom is 0.229 e. The van der Waals surface area contributed by atoms with E-state index >= 15 is 0 Å². The highest BCUT2D eigenvalue weighted by Crippen LogP contribution is 2.24. The summed E-state index contributed by atoms with van der Waals surface area (Å²) in [6.07, 6.45) is 2.92. The molecule has 0 saturated carbocycles. The molecule has 0 aliphatic heterocycles. The molecule has 0 bridgehead atoms. The van der Waals surface area contributed by atoms with Gasteiger partial charge in [0.25, 0.3) is 0 Å². The number of nitrogens with zero attached hydrogens (tertiary/aromatic N) is 3. The number of rotatable bonds is 7. The Morgan fingerprint density at radius 2 is 1.67 bits per heavy atom. The Morgan fingerprint density at radius 1 is 0.963 bits per heavy atom. The molecule has 2 aromatic heterocycles. The van der Waals surface area contributed by atoms with E-state index in [1.165, 1.54) is 0 Å². The van der Waals surface area contributed by atoms with Crippen LogP contribution in [0.4, 0.5) is 29.0 Å². The molecule has 0 unspecified atom stereocenters. The number of pyridine rings is 1. The highest BCUT2D eigenvalue weighted by molar-refractivity contribution is 9.10. The van der Waals surface area contributed by atoms with Gasteiger partial charge in [-0.05, 0) is 66.2 Å². The molecule has 7 nitrogen and oxygen atoms in total. The van der Waals surface area contributed by atoms with E-state index in [9.17, 15) is 5.11 Å². The molecule has 0 amide bonds. The molecule has 0 aliphatic carbocycles. The van der Waals surface area contributed by atoms with E-state index in [2.05, 4.69) is 46.8 Å². The molecule has 0 aliphatic rings. The topological polar surface area (TPSA) is 95.0 Å². The Balaban J connectivity index is 1.68. The van der Waals surface area contributed by atoms with Crippen LogP contribution in [0.1, 0.15) is 13.8 Å². The molecule has 0 radical (unpaired) electrons. The van der Waals surface area contributed by atoms with Gasteiger partial charge in [0.2, 0.25) is 5.95 Å². The summed E-state index contributed by atoms with van der Waals surface area (Å²) >= 11 is 3.42. The van der Waals surface area contributed by atoms with E-state index in [4.69, 9.17) is 0 Å². The molecular weight excluding hydrogens is 408 g/mol. The van der Waals surface area contributed by atoms with E-state index in [1.807, 2.05) is 49.4 Å². The third-order valence-corrected chi connectivity index (χ3v) is 4.49. The number of benzene rings is 1. The van der Waals surface area contributed by atoms with E-state index in [0.29, 0.717) is 11.8 Å². The lowest BCUT2D eigenvalue weighted by Crippen LogP contribution is -2.28. The normalized spacial score (nSPS) is 12.9. The lowest BCUT2D eigenvalue weighted by Gasteiger charge is -2.18. The fraction of sp³-hybridized carbons (Fsp3) is 0.211. The molecular formula is C19H21BrN6O. The minimum absolute atomic E-state index is 0.138. The number of aliphatic hydroxyl groups is 1. The zero-order valence-electron chi connectivity index (χ0n) is 15.0. The number of anilines is 5. The fourth-order valence-electron chi connectivity index (χ4n) is 2.22. The molecule has 3 aromatic rings. The third kappa shape index (κ3) is 5.38. The van der Waals surface area contributed by atoms with E-state index in [-0.39, 0.29) is 6.04 Å². The summed E-state index contributed by atoms with van der Waals surface area (Å²) in [4.78, 5) is 13.0. The summed E-state index contributed by atoms with van der Waals surface area (Å²) < 4.78 is 0.732. The summed E-state index contributed by atoms with van der Waals surface area (Å²) in [7, 11) is 0. The van der Waals surface area contributed by atoms with Gasteiger partial charge in [-0.15, -0.1) is 0 Å². The van der Waals surface area contributed by atoms with Gasteiger partial charge in [-0.1, -0.05) is 6.07 Å². The highest BCUT2D eigenvalue weighted by Gasteiger charge is 2.12. The minimum atomic E-state index is -0.498. The second-order valence-electron chi connectivity index (χ2n) is 6.11. The quantitative estimate of drug-likeness (QED) is 0.445. The molecule has 3 rings (SSSR count). The van der Waals surface area contributed by atoms with Crippen LogP contribution in [0.15, 0.2) is 59.3 Å². The standard InChI is InChI=1S/C19H21BrN6O/c1-12(13(2)27)23-18-16(20)11-22-19(26-18)25-15-8-6-14(7-9-15)24-17-5-3-4-10-21-17/h3-13,27H,1-2H3,(H,21,24)(H2,22,23,25,26)/t12-,13-/m1/s1. The predicted molar refractivity (Wildman–Crippen MR) is 112 cm³/mol. The Kier molecular flexibility index (Phi) is 6.20. The van der Waals surface area contributed by atoms with Crippen molar-refractivity contribution in [1.29, 1.82) is 0 Å². The number of aliphatic hydroxyl groups excluding tert-OH is 1. The Labute approximate surface area is 166 Å². The van der Waals surface area contributed by atoms with Gasteiger partial charge in [0.1, 0.15) is 11.6 Å². The van der Waals surface area contributed by atoms with Crippen molar-refractivity contribution in [3.05, 3.63) is 59.3 Å². The van der Waals surface area contributed by atoms with Gasteiger partial charge in [-0.2, -0.15) is 4.98 Å². The molecule has 2 atom stereocenters. The SMILES string of the molecule is C[C@@H](O)[C@@H](C)Nc1nc(Nc2ccc(Nc3ccccn3)cc2)ncc1Br. The number of hydrogen-bond acceptors (Lipinski definition) is 7. The molecule has 2 heterocycles. The van der Waals surface area contributed by atoms with Crippen LogP contribution in [0, 0.1) is 0 Å². The highest BCUT2D eigenvalue weighted by atomic mass is 79.9. The third-order valence-electron chi connectivity index (χ3n) is 3.91. The van der Waals surface area contributed by atoms with E-state index in [1.54, 1.807) is 19.3 Å². The maximum absolute atomic E-state index is 9.66. The summed E-state index contributed by atoms with van der Waals surface area (Å²) in [6, 6.07) is 13.3. The van der Waals surface area contributed by atoms with Crippen LogP contribution in [0.25, 0.3) is 0 Å². The van der Waals surface area contributed by atoms with Crippen LogP contribution in [-0.4, -0.2) is 32.2 Å². The monoisotopic (exact) mass is 428 g/mol. The summed E-state index contributed by atoms with van der Waals surface area (Å²) in [5.41, 5.74) is 1.79. The predicted octanol–water partition coefficient (Wildman–Crippen LogP) is 4.30. The smallest absolute Gasteiger partial charge is 0.229 e. The average Bonchev–Trinajstić information content (AvgIpc) is 2.67. The van der Waals surface area contributed by atoms with Gasteiger partial charge in [0.15, 0.2) is 0 Å². The second kappa shape index (κ2) is 8.79. The largest absolute Gasteiger partial charge is 0.391 e. The van der Waals surface area contributed by atoms with E-state index in [0.717, 1.165) is 21.7 Å². The zero-order valence-corrected chi connectivity index (χ0v) is 16.6. The molecule has 0 spiro atoms. The van der Waals surface area contributed by atoms with Crippen LogP contribution in [-0.2, 0) is 0 Å². The number of halogens is 1. The van der Waals surface area contributed by atoms with Crippen LogP contribution >= 0.6 is 15.9 Å². The minimum Gasteiger partial charge on any atom is -0.391 e. The first-order valence-electron chi connectivity index (χ1n) is 8.53. The van der Waals surface area contributed by atoms with Crippen molar-refractivity contribution in [1.82, 2.24) is 15.0 Å². The van der Waals surface area contributed by atoms with Gasteiger partial charge in [-0.3, -0.25) is 0 Å². The molecule has 0 saturated heterocycles. The molecule has 8 heteroatoms. The van der Waals surface area contributed by atoms with Gasteiger partial charge in [0.05, 0.1) is 16.6 Å². The Hall–Kier alpha value is -2.71. The fourth-order valence-corrected chi connectivity index (χ4v) is 2.52. The van der Waals surface area contributed by atoms with Crippen molar-refractivity contribution in [3.63, 3.8) is 0 Å². The molecule has 1 aromatic carbocycles. The van der Waals surface area contributed by atoms with Crippen molar-refractivity contribution >= 4 is 44.9 Å². The van der Waals surface area contributed by atoms with Gasteiger partial charge < -0.3 is 21.1 Å². The number of hydrogen-bond donors (Lipinski definition) is 4. The van der Waals surface area contributed by atoms with Crippen LogP contribution in [0.2, 0.25) is 0 Å². The first-order chi connectivity index (χ1) is 13.0. The molecule has 140 valence electrons. The molecule has 0 fully saturated rings. The van der Waals surface area contributed by atoms with Crippen LogP contribution in [0.3, 0.4) is 0 Å². The first kappa shape index (κ1) is 19.1. The average molecular weight is 429 g/mol. The lowest BCUT2D eigenvalue weighted by atomic mass is 10.2. The van der Waals surface area contributed by atoms with Crippen molar-refractivity contribution in [2.24, 2.45) is 0 Å². The van der Waals surface area contributed by atoms with Crippen molar-refractivity contribution in [3.8, 4) is 0 Å². The molecule has 27 heavy (non-hydrogen) atoms. The van der Waals surface area contributed by atoms with Crippen LogP contribution < -0.4 is 16.0 Å². The van der Waals surface area contributed by atoms with Gasteiger partial charge in [0, 0.05) is 23.8 Å². The van der Waals surface area contributed by atoms with Crippen molar-refractivity contribution in [2.75, 3.05) is 16.0 Å². The number of aromatic nitrogens is 3. The van der Waals surface area contributed by atoms with E-state index < -0.39 is 6.10 Å². The Bertz CT molecular complexity index is 873. The summed E-state index contributed by atoms with van der Waals surface area (Å²) in [5.74, 6) is 1.87. The molecule has 4 N–H and O–H groups in total. The Morgan fingerprint density at radius 3 is 2.30 bits per heavy atom. The summed E-state index contributed by atoms with van der Waals surface area (Å²) in [5, 5.41) is 19.2. The zero-order chi connectivity index (χ0) is 19.2.